The van der Waals surface area contributed by atoms with Crippen LogP contribution in [0.25, 0.3) is 0 Å². The third-order valence-electron chi connectivity index (χ3n) is 4.05. The Kier molecular flexibility index (Phi) is 5.27. The Balaban J connectivity index is 1.51. The Morgan fingerprint density at radius 3 is 2.71 bits per heavy atom. The number of piperazine rings is 1. The van der Waals surface area contributed by atoms with Crippen LogP contribution in [-0.4, -0.2) is 64.1 Å². The molecule has 0 radical (unpaired) electrons. The maximum Gasteiger partial charge on any atom is 0.239 e. The van der Waals surface area contributed by atoms with Crippen molar-refractivity contribution in [3.05, 3.63) is 34.7 Å². The summed E-state index contributed by atoms with van der Waals surface area (Å²) in [6.07, 6.45) is 1.69. The van der Waals surface area contributed by atoms with Gasteiger partial charge in [-0.3, -0.25) is 14.5 Å². The van der Waals surface area contributed by atoms with E-state index in [2.05, 4.69) is 15.3 Å². The van der Waals surface area contributed by atoms with Crippen LogP contribution in [-0.2, 0) is 16.1 Å². The highest BCUT2D eigenvalue weighted by Gasteiger charge is 2.20. The fourth-order valence-electron chi connectivity index (χ4n) is 2.72. The lowest BCUT2D eigenvalue weighted by atomic mass is 10.3. The van der Waals surface area contributed by atoms with Crippen molar-refractivity contribution >= 4 is 29.0 Å². The molecule has 0 atom stereocenters. The molecule has 128 valence electrons. The minimum atomic E-state index is -0.0563. The predicted octanol–water partition coefficient (Wildman–Crippen LogP) is 1.10. The van der Waals surface area contributed by atoms with Crippen molar-refractivity contribution in [3.8, 4) is 0 Å². The summed E-state index contributed by atoms with van der Waals surface area (Å²) in [6, 6.07) is 5.86. The van der Waals surface area contributed by atoms with E-state index >= 15 is 0 Å². The van der Waals surface area contributed by atoms with Crippen molar-refractivity contribution < 1.29 is 9.59 Å². The smallest absolute Gasteiger partial charge is 0.239 e. The first kappa shape index (κ1) is 16.7. The summed E-state index contributed by atoms with van der Waals surface area (Å²) in [7, 11) is 0. The lowest BCUT2D eigenvalue weighted by Crippen LogP contribution is -2.49. The van der Waals surface area contributed by atoms with Gasteiger partial charge in [-0.25, -0.2) is 4.68 Å². The van der Waals surface area contributed by atoms with Crippen molar-refractivity contribution in [1.82, 2.24) is 19.6 Å². The van der Waals surface area contributed by atoms with Crippen molar-refractivity contribution in [2.24, 2.45) is 0 Å². The van der Waals surface area contributed by atoms with Gasteiger partial charge in [0.2, 0.25) is 11.8 Å². The van der Waals surface area contributed by atoms with E-state index in [0.717, 1.165) is 13.1 Å². The van der Waals surface area contributed by atoms with Crippen molar-refractivity contribution in [2.45, 2.75) is 13.5 Å². The lowest BCUT2D eigenvalue weighted by Gasteiger charge is -2.33. The molecule has 7 nitrogen and oxygen atoms in total. The van der Waals surface area contributed by atoms with Gasteiger partial charge in [-0.05, 0) is 11.4 Å². The van der Waals surface area contributed by atoms with E-state index in [-0.39, 0.29) is 11.8 Å². The highest BCUT2D eigenvalue weighted by molar-refractivity contribution is 7.09. The zero-order valence-electron chi connectivity index (χ0n) is 13.6. The summed E-state index contributed by atoms with van der Waals surface area (Å²) < 4.78 is 1.79. The van der Waals surface area contributed by atoms with Crippen LogP contribution in [0.2, 0.25) is 0 Å². The molecule has 8 heteroatoms. The minimum absolute atomic E-state index is 0.0563. The largest absolute Gasteiger partial charge is 0.340 e. The Labute approximate surface area is 144 Å². The molecule has 1 aliphatic rings. The Hall–Kier alpha value is -2.19. The van der Waals surface area contributed by atoms with Crippen LogP contribution in [0.5, 0.6) is 0 Å². The second kappa shape index (κ2) is 7.59. The van der Waals surface area contributed by atoms with Crippen LogP contribution in [0, 0.1) is 0 Å². The van der Waals surface area contributed by atoms with E-state index in [1.165, 1.54) is 4.88 Å². The van der Waals surface area contributed by atoms with Crippen LogP contribution < -0.4 is 5.32 Å². The van der Waals surface area contributed by atoms with Gasteiger partial charge in [0, 0.05) is 44.0 Å². The fraction of sp³-hybridized carbons (Fsp3) is 0.438. The number of amides is 2. The highest BCUT2D eigenvalue weighted by Crippen LogP contribution is 2.14. The third-order valence-corrected chi connectivity index (χ3v) is 4.92. The highest BCUT2D eigenvalue weighted by atomic mass is 32.1. The quantitative estimate of drug-likeness (QED) is 0.879. The summed E-state index contributed by atoms with van der Waals surface area (Å²) in [4.78, 5) is 28.7. The molecule has 0 saturated carbocycles. The third kappa shape index (κ3) is 4.21. The lowest BCUT2D eigenvalue weighted by molar-refractivity contribution is -0.130. The standard InChI is InChI=1S/C16H21N5O2S/c1-13(22)20-8-6-19(7-9-20)12-16(23)18-15-4-5-17-21(15)11-14-3-2-10-24-14/h2-5,10H,6-9,11-12H2,1H3,(H,18,23). The van der Waals surface area contributed by atoms with Crippen molar-refractivity contribution in [3.63, 3.8) is 0 Å². The van der Waals surface area contributed by atoms with Crippen LogP contribution in [0.4, 0.5) is 5.82 Å². The molecule has 2 aromatic rings. The maximum atomic E-state index is 12.3. The number of aromatic nitrogens is 2. The van der Waals surface area contributed by atoms with Gasteiger partial charge in [0.15, 0.2) is 0 Å². The number of anilines is 1. The summed E-state index contributed by atoms with van der Waals surface area (Å²) in [5, 5.41) is 9.22. The Morgan fingerprint density at radius 1 is 1.25 bits per heavy atom. The van der Waals surface area contributed by atoms with Gasteiger partial charge in [0.05, 0.1) is 19.3 Å². The van der Waals surface area contributed by atoms with Crippen LogP contribution in [0.15, 0.2) is 29.8 Å². The Morgan fingerprint density at radius 2 is 2.04 bits per heavy atom. The van der Waals surface area contributed by atoms with E-state index in [9.17, 15) is 9.59 Å². The minimum Gasteiger partial charge on any atom is -0.340 e. The molecule has 0 aromatic carbocycles. The molecular weight excluding hydrogens is 326 g/mol. The summed E-state index contributed by atoms with van der Waals surface area (Å²) in [5.41, 5.74) is 0. The van der Waals surface area contributed by atoms with Crippen molar-refractivity contribution in [2.75, 3.05) is 38.0 Å². The zero-order chi connectivity index (χ0) is 16.9. The first-order valence-electron chi connectivity index (χ1n) is 7.94. The van der Waals surface area contributed by atoms with Gasteiger partial charge in [-0.2, -0.15) is 5.10 Å². The molecule has 3 rings (SSSR count). The molecule has 1 N–H and O–H groups in total. The molecule has 2 amide bonds. The number of carbonyl (C=O) groups excluding carboxylic acids is 2. The number of carbonyl (C=O) groups is 2. The summed E-state index contributed by atoms with van der Waals surface area (Å²) >= 11 is 1.67. The topological polar surface area (TPSA) is 70.5 Å². The monoisotopic (exact) mass is 347 g/mol. The second-order valence-corrected chi connectivity index (χ2v) is 6.82. The van der Waals surface area contributed by atoms with E-state index < -0.39 is 0 Å². The van der Waals surface area contributed by atoms with E-state index in [1.54, 1.807) is 35.2 Å². The van der Waals surface area contributed by atoms with Gasteiger partial charge in [-0.1, -0.05) is 6.07 Å². The van der Waals surface area contributed by atoms with Gasteiger partial charge in [0.25, 0.3) is 0 Å². The SMILES string of the molecule is CC(=O)N1CCN(CC(=O)Nc2ccnn2Cc2cccs2)CC1. The fourth-order valence-corrected chi connectivity index (χ4v) is 3.41. The van der Waals surface area contributed by atoms with Crippen molar-refractivity contribution in [1.29, 1.82) is 0 Å². The molecule has 1 aliphatic heterocycles. The van der Waals surface area contributed by atoms with Gasteiger partial charge >= 0.3 is 0 Å². The van der Waals surface area contributed by atoms with Gasteiger partial charge in [-0.15, -0.1) is 11.3 Å². The molecule has 0 bridgehead atoms. The first-order chi connectivity index (χ1) is 11.6. The molecule has 1 fully saturated rings. The molecule has 0 unspecified atom stereocenters. The first-order valence-corrected chi connectivity index (χ1v) is 8.81. The zero-order valence-corrected chi connectivity index (χ0v) is 14.5. The average Bonchev–Trinajstić information content (AvgIpc) is 3.21. The number of nitrogens with one attached hydrogen (secondary N) is 1. The molecular formula is C16H21N5O2S. The van der Waals surface area contributed by atoms with Crippen LogP contribution in [0.3, 0.4) is 0 Å². The van der Waals surface area contributed by atoms with Crippen LogP contribution >= 0.6 is 11.3 Å². The molecule has 24 heavy (non-hydrogen) atoms. The maximum absolute atomic E-state index is 12.3. The van der Waals surface area contributed by atoms with Gasteiger partial charge < -0.3 is 10.2 Å². The van der Waals surface area contributed by atoms with Gasteiger partial charge in [0.1, 0.15) is 5.82 Å². The second-order valence-electron chi connectivity index (χ2n) is 5.78. The van der Waals surface area contributed by atoms with Crippen LogP contribution in [0.1, 0.15) is 11.8 Å². The number of hydrogen-bond donors (Lipinski definition) is 1. The van der Waals surface area contributed by atoms with E-state index in [0.29, 0.717) is 32.0 Å². The molecule has 0 aliphatic carbocycles. The number of thiophene rings is 1. The molecule has 2 aromatic heterocycles. The molecule has 3 heterocycles. The predicted molar refractivity (Wildman–Crippen MR) is 93.0 cm³/mol. The summed E-state index contributed by atoms with van der Waals surface area (Å²) in [5.74, 6) is 0.742. The summed E-state index contributed by atoms with van der Waals surface area (Å²) in [6.45, 7) is 5.37. The van der Waals surface area contributed by atoms with E-state index in [1.807, 2.05) is 22.4 Å². The van der Waals surface area contributed by atoms with E-state index in [4.69, 9.17) is 0 Å². The normalized spacial score (nSPS) is 15.5. The molecule has 0 spiro atoms. The average molecular weight is 347 g/mol. The molecule has 1 saturated heterocycles. The number of rotatable bonds is 5. The Bertz CT molecular complexity index is 689. The number of nitrogens with zero attached hydrogens (tertiary/aromatic N) is 4. The number of hydrogen-bond acceptors (Lipinski definition) is 5.